The quantitative estimate of drug-likeness (QED) is 0.923. The summed E-state index contributed by atoms with van der Waals surface area (Å²) < 4.78 is 6.19. The van der Waals surface area contributed by atoms with Crippen LogP contribution in [0.5, 0.6) is 5.75 Å². The predicted octanol–water partition coefficient (Wildman–Crippen LogP) is 2.26. The third-order valence-electron chi connectivity index (χ3n) is 4.18. The molecule has 1 N–H and O–H groups in total. The van der Waals surface area contributed by atoms with Crippen molar-refractivity contribution in [1.82, 2.24) is 15.2 Å². The first-order valence-electron chi connectivity index (χ1n) is 7.44. The van der Waals surface area contributed by atoms with Crippen LogP contribution in [-0.2, 0) is 6.54 Å². The van der Waals surface area contributed by atoms with Crippen molar-refractivity contribution in [3.8, 4) is 5.75 Å². The van der Waals surface area contributed by atoms with Crippen molar-refractivity contribution < 1.29 is 9.53 Å². The number of ether oxygens (including phenoxy) is 1. The van der Waals surface area contributed by atoms with Gasteiger partial charge in [-0.2, -0.15) is 0 Å². The number of likely N-dealkylation sites (tertiary alicyclic amines) is 1. The number of nitrogens with zero attached hydrogens (tertiary/aromatic N) is 2. The molecule has 1 aromatic carbocycles. The van der Waals surface area contributed by atoms with E-state index in [-0.39, 0.29) is 5.91 Å². The SMILES string of the molecule is O=C1NC2(CCCN(Cc3cncs3)C2)Oc2ccccc21. The number of benzene rings is 1. The molecule has 3 heterocycles. The fourth-order valence-electron chi connectivity index (χ4n) is 3.22. The first-order valence-corrected chi connectivity index (χ1v) is 8.32. The second-order valence-corrected chi connectivity index (χ2v) is 6.80. The van der Waals surface area contributed by atoms with Crippen molar-refractivity contribution in [1.29, 1.82) is 0 Å². The zero-order valence-electron chi connectivity index (χ0n) is 12.1. The number of thiazole rings is 1. The third kappa shape index (κ3) is 2.48. The smallest absolute Gasteiger partial charge is 0.258 e. The minimum atomic E-state index is -0.603. The van der Waals surface area contributed by atoms with Gasteiger partial charge in [-0.15, -0.1) is 11.3 Å². The van der Waals surface area contributed by atoms with E-state index in [0.29, 0.717) is 17.9 Å². The van der Waals surface area contributed by atoms with Crippen LogP contribution < -0.4 is 10.1 Å². The van der Waals surface area contributed by atoms with Gasteiger partial charge in [0, 0.05) is 24.0 Å². The number of aromatic nitrogens is 1. The molecule has 2 aliphatic heterocycles. The molecule has 1 saturated heterocycles. The number of carbonyl (C=O) groups excluding carboxylic acids is 1. The van der Waals surface area contributed by atoms with Crippen LogP contribution in [0.4, 0.5) is 0 Å². The molecule has 1 amide bonds. The Labute approximate surface area is 132 Å². The number of rotatable bonds is 2. The van der Waals surface area contributed by atoms with Gasteiger partial charge < -0.3 is 10.1 Å². The van der Waals surface area contributed by atoms with Gasteiger partial charge in [-0.05, 0) is 25.1 Å². The van der Waals surface area contributed by atoms with Gasteiger partial charge in [-0.1, -0.05) is 12.1 Å². The van der Waals surface area contributed by atoms with Crippen molar-refractivity contribution in [3.05, 3.63) is 46.4 Å². The van der Waals surface area contributed by atoms with Gasteiger partial charge in [0.2, 0.25) is 0 Å². The molecule has 1 unspecified atom stereocenters. The topological polar surface area (TPSA) is 54.5 Å². The molecule has 5 nitrogen and oxygen atoms in total. The van der Waals surface area contributed by atoms with E-state index in [9.17, 15) is 4.79 Å². The Bertz CT molecular complexity index is 688. The van der Waals surface area contributed by atoms with Crippen LogP contribution in [0.2, 0.25) is 0 Å². The van der Waals surface area contributed by atoms with E-state index in [0.717, 1.165) is 25.9 Å². The lowest BCUT2D eigenvalue weighted by Gasteiger charge is -2.45. The van der Waals surface area contributed by atoms with Gasteiger partial charge >= 0.3 is 0 Å². The largest absolute Gasteiger partial charge is 0.466 e. The van der Waals surface area contributed by atoms with Crippen molar-refractivity contribution in [2.75, 3.05) is 13.1 Å². The minimum absolute atomic E-state index is 0.0403. The lowest BCUT2D eigenvalue weighted by molar-refractivity contribution is -0.0391. The van der Waals surface area contributed by atoms with Crippen molar-refractivity contribution in [2.24, 2.45) is 0 Å². The fourth-order valence-corrected chi connectivity index (χ4v) is 3.86. The Hall–Kier alpha value is -1.92. The Kier molecular flexibility index (Phi) is 3.35. The van der Waals surface area contributed by atoms with Crippen LogP contribution in [0.3, 0.4) is 0 Å². The monoisotopic (exact) mass is 315 g/mol. The van der Waals surface area contributed by atoms with Crippen LogP contribution in [0, 0.1) is 0 Å². The second kappa shape index (κ2) is 5.37. The summed E-state index contributed by atoms with van der Waals surface area (Å²) >= 11 is 1.66. The molecule has 2 aliphatic rings. The maximum atomic E-state index is 12.4. The Balaban J connectivity index is 1.55. The highest BCUT2D eigenvalue weighted by molar-refractivity contribution is 7.09. The highest BCUT2D eigenvalue weighted by atomic mass is 32.1. The average molecular weight is 315 g/mol. The molecule has 114 valence electrons. The van der Waals surface area contributed by atoms with Gasteiger partial charge in [0.05, 0.1) is 17.6 Å². The molecule has 1 atom stereocenters. The Morgan fingerprint density at radius 1 is 1.41 bits per heavy atom. The first-order chi connectivity index (χ1) is 10.7. The van der Waals surface area contributed by atoms with Crippen LogP contribution >= 0.6 is 11.3 Å². The fraction of sp³-hybridized carbons (Fsp3) is 0.375. The Morgan fingerprint density at radius 3 is 3.18 bits per heavy atom. The third-order valence-corrected chi connectivity index (χ3v) is 4.94. The van der Waals surface area contributed by atoms with E-state index >= 15 is 0 Å². The summed E-state index contributed by atoms with van der Waals surface area (Å²) in [4.78, 5) is 20.0. The number of nitrogens with one attached hydrogen (secondary N) is 1. The van der Waals surface area contributed by atoms with Gasteiger partial charge in [-0.3, -0.25) is 14.7 Å². The number of fused-ring (bicyclic) bond motifs is 1. The van der Waals surface area contributed by atoms with E-state index in [4.69, 9.17) is 4.74 Å². The van der Waals surface area contributed by atoms with Gasteiger partial charge in [-0.25, -0.2) is 0 Å². The number of para-hydroxylation sites is 1. The van der Waals surface area contributed by atoms with Crippen LogP contribution in [0.15, 0.2) is 36.0 Å². The average Bonchev–Trinajstić information content (AvgIpc) is 3.00. The molecule has 1 fully saturated rings. The summed E-state index contributed by atoms with van der Waals surface area (Å²) in [5, 5.41) is 3.08. The maximum Gasteiger partial charge on any atom is 0.258 e. The van der Waals surface area contributed by atoms with Gasteiger partial charge in [0.1, 0.15) is 5.75 Å². The van der Waals surface area contributed by atoms with E-state index < -0.39 is 5.72 Å². The Morgan fingerprint density at radius 2 is 2.32 bits per heavy atom. The summed E-state index contributed by atoms with van der Waals surface area (Å²) in [6.07, 6.45) is 3.75. The number of carbonyl (C=O) groups is 1. The molecule has 0 aliphatic carbocycles. The number of hydrogen-bond donors (Lipinski definition) is 1. The first kappa shape index (κ1) is 13.7. The molecular formula is C16H17N3O2S. The molecule has 1 aromatic heterocycles. The normalized spacial score (nSPS) is 24.6. The van der Waals surface area contributed by atoms with Crippen molar-refractivity contribution in [3.63, 3.8) is 0 Å². The molecule has 2 aromatic rings. The standard InChI is InChI=1S/C16H17N3O2S/c20-15-13-4-1-2-5-14(13)21-16(18-15)6-3-7-19(10-16)9-12-8-17-11-22-12/h1-2,4-5,8,11H,3,6-7,9-10H2,(H,18,20). The predicted molar refractivity (Wildman–Crippen MR) is 83.9 cm³/mol. The number of hydrogen-bond acceptors (Lipinski definition) is 5. The summed E-state index contributed by atoms with van der Waals surface area (Å²) in [6.45, 7) is 2.57. The number of piperidine rings is 1. The lowest BCUT2D eigenvalue weighted by atomic mass is 9.98. The summed E-state index contributed by atoms with van der Waals surface area (Å²) in [5.74, 6) is 0.646. The summed E-state index contributed by atoms with van der Waals surface area (Å²) in [7, 11) is 0. The zero-order valence-corrected chi connectivity index (χ0v) is 12.9. The highest BCUT2D eigenvalue weighted by Gasteiger charge is 2.43. The second-order valence-electron chi connectivity index (χ2n) is 5.83. The molecule has 0 bridgehead atoms. The minimum Gasteiger partial charge on any atom is -0.466 e. The van der Waals surface area contributed by atoms with E-state index in [2.05, 4.69) is 15.2 Å². The molecule has 6 heteroatoms. The van der Waals surface area contributed by atoms with Gasteiger partial charge in [0.15, 0.2) is 5.72 Å². The molecule has 1 spiro atoms. The molecule has 0 radical (unpaired) electrons. The molecule has 0 saturated carbocycles. The number of amides is 1. The van der Waals surface area contributed by atoms with Crippen molar-refractivity contribution in [2.45, 2.75) is 25.1 Å². The molecule has 4 rings (SSSR count). The van der Waals surface area contributed by atoms with E-state index in [1.54, 1.807) is 17.4 Å². The maximum absolute atomic E-state index is 12.4. The van der Waals surface area contributed by atoms with Crippen LogP contribution in [0.25, 0.3) is 0 Å². The lowest BCUT2D eigenvalue weighted by Crippen LogP contribution is -2.63. The molecule has 22 heavy (non-hydrogen) atoms. The van der Waals surface area contributed by atoms with E-state index in [1.807, 2.05) is 29.9 Å². The van der Waals surface area contributed by atoms with Crippen LogP contribution in [-0.4, -0.2) is 34.6 Å². The van der Waals surface area contributed by atoms with Crippen molar-refractivity contribution >= 4 is 17.2 Å². The van der Waals surface area contributed by atoms with Crippen LogP contribution in [0.1, 0.15) is 28.1 Å². The highest BCUT2D eigenvalue weighted by Crippen LogP contribution is 2.33. The summed E-state index contributed by atoms with van der Waals surface area (Å²) in [5.41, 5.74) is 1.87. The zero-order chi connectivity index (χ0) is 15.0. The molecular weight excluding hydrogens is 298 g/mol. The van der Waals surface area contributed by atoms with Gasteiger partial charge in [0.25, 0.3) is 5.91 Å². The van der Waals surface area contributed by atoms with E-state index in [1.165, 1.54) is 4.88 Å². The summed E-state index contributed by atoms with van der Waals surface area (Å²) in [6, 6.07) is 7.44.